The van der Waals surface area contributed by atoms with Crippen LogP contribution in [0.15, 0.2) is 28.6 Å². The Morgan fingerprint density at radius 2 is 2.16 bits per heavy atom. The van der Waals surface area contributed by atoms with Crippen LogP contribution in [0.25, 0.3) is 0 Å². The fourth-order valence-corrected chi connectivity index (χ4v) is 2.90. The smallest absolute Gasteiger partial charge is 0.234 e. The highest BCUT2D eigenvalue weighted by atomic mass is 32.2. The van der Waals surface area contributed by atoms with Crippen LogP contribution in [-0.2, 0) is 4.79 Å². The van der Waals surface area contributed by atoms with Crippen molar-refractivity contribution in [3.05, 3.63) is 34.8 Å². The summed E-state index contributed by atoms with van der Waals surface area (Å²) in [5.74, 6) is 0.178. The maximum absolute atomic E-state index is 11.7. The second kappa shape index (κ2) is 6.31. The predicted molar refractivity (Wildman–Crippen MR) is 75.2 cm³/mol. The third-order valence-corrected chi connectivity index (χ3v) is 4.10. The van der Waals surface area contributed by atoms with Gasteiger partial charge in [0, 0.05) is 5.69 Å². The van der Waals surface area contributed by atoms with Gasteiger partial charge in [-0.3, -0.25) is 4.79 Å². The van der Waals surface area contributed by atoms with Crippen molar-refractivity contribution in [1.82, 2.24) is 10.2 Å². The zero-order valence-corrected chi connectivity index (χ0v) is 11.7. The number of carbonyl (C=O) groups excluding carboxylic acids is 1. The normalized spacial score (nSPS) is 9.89. The lowest BCUT2D eigenvalue weighted by Crippen LogP contribution is -2.13. The molecule has 0 atom stereocenters. The maximum atomic E-state index is 11.7. The van der Waals surface area contributed by atoms with Crippen LogP contribution in [0.4, 0.5) is 5.69 Å². The van der Waals surface area contributed by atoms with E-state index in [0.29, 0.717) is 11.3 Å². The SMILES string of the molecule is Cc1nnc(SCC(=O)Nc2ccc(C#N)cc2)s1. The first-order valence-electron chi connectivity index (χ1n) is 5.40. The standard InChI is InChI=1S/C12H10N4OS2/c1-8-15-16-12(19-8)18-7-11(17)14-10-4-2-9(6-13)3-5-10/h2-5H,7H2,1H3,(H,14,17). The maximum Gasteiger partial charge on any atom is 0.234 e. The molecule has 5 nitrogen and oxygen atoms in total. The molecule has 19 heavy (non-hydrogen) atoms. The van der Waals surface area contributed by atoms with E-state index in [2.05, 4.69) is 15.5 Å². The number of nitrogens with zero attached hydrogens (tertiary/aromatic N) is 3. The topological polar surface area (TPSA) is 78.7 Å². The molecule has 7 heteroatoms. The van der Waals surface area contributed by atoms with Crippen LogP contribution in [-0.4, -0.2) is 21.9 Å². The van der Waals surface area contributed by atoms with Crippen molar-refractivity contribution >= 4 is 34.7 Å². The minimum atomic E-state index is -0.109. The van der Waals surface area contributed by atoms with E-state index in [1.54, 1.807) is 24.3 Å². The molecule has 1 aromatic heterocycles. The number of benzene rings is 1. The van der Waals surface area contributed by atoms with Crippen LogP contribution in [0.2, 0.25) is 0 Å². The Labute approximate surface area is 118 Å². The van der Waals surface area contributed by atoms with Gasteiger partial charge in [0.25, 0.3) is 0 Å². The summed E-state index contributed by atoms with van der Waals surface area (Å²) in [5, 5.41) is 20.1. The van der Waals surface area contributed by atoms with E-state index in [1.165, 1.54) is 23.1 Å². The number of hydrogen-bond acceptors (Lipinski definition) is 6. The second-order valence-corrected chi connectivity index (χ2v) is 6.02. The third kappa shape index (κ3) is 4.05. The van der Waals surface area contributed by atoms with Crippen LogP contribution >= 0.6 is 23.1 Å². The number of anilines is 1. The van der Waals surface area contributed by atoms with Gasteiger partial charge in [-0.25, -0.2) is 0 Å². The van der Waals surface area contributed by atoms with Gasteiger partial charge in [-0.1, -0.05) is 23.1 Å². The van der Waals surface area contributed by atoms with Crippen LogP contribution in [0, 0.1) is 18.3 Å². The number of thioether (sulfide) groups is 1. The quantitative estimate of drug-likeness (QED) is 0.875. The Bertz CT molecular complexity index is 615. The number of aryl methyl sites for hydroxylation is 1. The monoisotopic (exact) mass is 290 g/mol. The largest absolute Gasteiger partial charge is 0.325 e. The zero-order chi connectivity index (χ0) is 13.7. The van der Waals surface area contributed by atoms with Crippen molar-refractivity contribution < 1.29 is 4.79 Å². The van der Waals surface area contributed by atoms with Crippen molar-refractivity contribution in [1.29, 1.82) is 5.26 Å². The molecule has 0 radical (unpaired) electrons. The molecule has 96 valence electrons. The van der Waals surface area contributed by atoms with Gasteiger partial charge in [0.05, 0.1) is 17.4 Å². The van der Waals surface area contributed by atoms with E-state index >= 15 is 0 Å². The summed E-state index contributed by atoms with van der Waals surface area (Å²) in [4.78, 5) is 11.7. The summed E-state index contributed by atoms with van der Waals surface area (Å²) in [6, 6.07) is 8.76. The Kier molecular flexibility index (Phi) is 4.49. The fourth-order valence-electron chi connectivity index (χ4n) is 1.29. The van der Waals surface area contributed by atoms with Gasteiger partial charge in [0.2, 0.25) is 5.91 Å². The average molecular weight is 290 g/mol. The Morgan fingerprint density at radius 3 is 2.74 bits per heavy atom. The fraction of sp³-hybridized carbons (Fsp3) is 0.167. The van der Waals surface area contributed by atoms with E-state index < -0.39 is 0 Å². The van der Waals surface area contributed by atoms with E-state index in [1.807, 2.05) is 13.0 Å². The van der Waals surface area contributed by atoms with Gasteiger partial charge >= 0.3 is 0 Å². The molecule has 2 rings (SSSR count). The number of hydrogen-bond donors (Lipinski definition) is 1. The zero-order valence-electron chi connectivity index (χ0n) is 10.1. The third-order valence-electron chi connectivity index (χ3n) is 2.13. The molecule has 0 saturated heterocycles. The summed E-state index contributed by atoms with van der Waals surface area (Å²) in [6.07, 6.45) is 0. The number of carbonyl (C=O) groups is 1. The highest BCUT2D eigenvalue weighted by Gasteiger charge is 2.06. The summed E-state index contributed by atoms with van der Waals surface area (Å²) in [7, 11) is 0. The van der Waals surface area contributed by atoms with E-state index in [0.717, 1.165) is 9.35 Å². The van der Waals surface area contributed by atoms with Gasteiger partial charge in [-0.05, 0) is 31.2 Å². The molecule has 1 amide bonds. The van der Waals surface area contributed by atoms with Gasteiger partial charge < -0.3 is 5.32 Å². The summed E-state index contributed by atoms with van der Waals surface area (Å²) < 4.78 is 0.785. The molecule has 0 aliphatic rings. The first-order chi connectivity index (χ1) is 9.17. The van der Waals surface area contributed by atoms with Crippen LogP contribution < -0.4 is 5.32 Å². The first kappa shape index (κ1) is 13.5. The van der Waals surface area contributed by atoms with Crippen molar-refractivity contribution in [3.63, 3.8) is 0 Å². The molecular weight excluding hydrogens is 280 g/mol. The lowest BCUT2D eigenvalue weighted by molar-refractivity contribution is -0.113. The summed E-state index contributed by atoms with van der Waals surface area (Å²) in [6.45, 7) is 1.87. The molecular formula is C12H10N4OS2. The number of nitrogens with one attached hydrogen (secondary N) is 1. The van der Waals surface area contributed by atoms with E-state index in [4.69, 9.17) is 5.26 Å². The molecule has 0 unspecified atom stereocenters. The number of amides is 1. The van der Waals surface area contributed by atoms with Crippen LogP contribution in [0.5, 0.6) is 0 Å². The van der Waals surface area contributed by atoms with Gasteiger partial charge in [0.1, 0.15) is 5.01 Å². The second-order valence-electron chi connectivity index (χ2n) is 3.61. The minimum Gasteiger partial charge on any atom is -0.325 e. The summed E-state index contributed by atoms with van der Waals surface area (Å²) >= 11 is 2.82. The minimum absolute atomic E-state index is 0.109. The molecule has 1 aromatic carbocycles. The molecule has 0 aliphatic carbocycles. The van der Waals surface area contributed by atoms with Crippen molar-refractivity contribution in [3.8, 4) is 6.07 Å². The van der Waals surface area contributed by atoms with E-state index in [-0.39, 0.29) is 11.7 Å². The Hall–Kier alpha value is -1.91. The average Bonchev–Trinajstić information content (AvgIpc) is 2.83. The molecule has 0 fully saturated rings. The van der Waals surface area contributed by atoms with Crippen molar-refractivity contribution in [2.24, 2.45) is 0 Å². The molecule has 0 aliphatic heterocycles. The Balaban J connectivity index is 1.85. The molecule has 1 N–H and O–H groups in total. The molecule has 0 saturated carbocycles. The lowest BCUT2D eigenvalue weighted by atomic mass is 10.2. The first-order valence-corrected chi connectivity index (χ1v) is 7.20. The van der Waals surface area contributed by atoms with E-state index in [9.17, 15) is 4.79 Å². The number of nitriles is 1. The van der Waals surface area contributed by atoms with Crippen LogP contribution in [0.1, 0.15) is 10.6 Å². The highest BCUT2D eigenvalue weighted by Crippen LogP contribution is 2.21. The molecule has 0 spiro atoms. The van der Waals surface area contributed by atoms with Gasteiger partial charge in [0.15, 0.2) is 4.34 Å². The van der Waals surface area contributed by atoms with Gasteiger partial charge in [-0.2, -0.15) is 5.26 Å². The lowest BCUT2D eigenvalue weighted by Gasteiger charge is -2.03. The molecule has 1 heterocycles. The number of aromatic nitrogens is 2. The predicted octanol–water partition coefficient (Wildman–Crippen LogP) is 2.45. The van der Waals surface area contributed by atoms with Crippen molar-refractivity contribution in [2.75, 3.05) is 11.1 Å². The van der Waals surface area contributed by atoms with Gasteiger partial charge in [-0.15, -0.1) is 10.2 Å². The molecule has 2 aromatic rings. The summed E-state index contributed by atoms with van der Waals surface area (Å²) in [5.41, 5.74) is 1.25. The highest BCUT2D eigenvalue weighted by molar-refractivity contribution is 8.01. The Morgan fingerprint density at radius 1 is 1.42 bits per heavy atom. The number of rotatable bonds is 4. The molecule has 0 bridgehead atoms. The van der Waals surface area contributed by atoms with Crippen LogP contribution in [0.3, 0.4) is 0 Å². The van der Waals surface area contributed by atoms with Crippen molar-refractivity contribution in [2.45, 2.75) is 11.3 Å².